The van der Waals surface area contributed by atoms with Crippen LogP contribution in [0.1, 0.15) is 25.7 Å². The number of aryl methyl sites for hydroxylation is 1. The number of benzene rings is 1. The molecule has 0 radical (unpaired) electrons. The minimum atomic E-state index is -0.112. The standard InChI is InChI=1S/C19H18N2O2S2/c1-13-9-17(25-12-13)19(23)21-15-6-4-14(5-7-15)10-18(22)20-11-16-3-2-8-24-16/h2-9,12H,10-11H2,1H3,(H,20,22)(H,21,23). The van der Waals surface area contributed by atoms with Crippen molar-refractivity contribution in [1.82, 2.24) is 5.32 Å². The Morgan fingerprint density at radius 3 is 2.52 bits per heavy atom. The molecule has 128 valence electrons. The molecule has 0 spiro atoms. The van der Waals surface area contributed by atoms with Crippen molar-refractivity contribution in [2.45, 2.75) is 19.9 Å². The van der Waals surface area contributed by atoms with Gasteiger partial charge in [0, 0.05) is 10.6 Å². The van der Waals surface area contributed by atoms with Gasteiger partial charge in [-0.3, -0.25) is 9.59 Å². The third kappa shape index (κ3) is 5.01. The number of thiophene rings is 2. The highest BCUT2D eigenvalue weighted by molar-refractivity contribution is 7.12. The highest BCUT2D eigenvalue weighted by Gasteiger charge is 2.09. The van der Waals surface area contributed by atoms with Crippen LogP contribution in [0.2, 0.25) is 0 Å². The van der Waals surface area contributed by atoms with Gasteiger partial charge >= 0.3 is 0 Å². The van der Waals surface area contributed by atoms with Crippen LogP contribution < -0.4 is 10.6 Å². The molecule has 0 fully saturated rings. The van der Waals surface area contributed by atoms with Gasteiger partial charge in [-0.2, -0.15) is 0 Å². The molecule has 0 unspecified atom stereocenters. The Morgan fingerprint density at radius 2 is 1.88 bits per heavy atom. The normalized spacial score (nSPS) is 10.4. The molecule has 0 aliphatic carbocycles. The molecule has 2 heterocycles. The van der Waals surface area contributed by atoms with Crippen LogP contribution in [0.4, 0.5) is 5.69 Å². The van der Waals surface area contributed by atoms with Gasteiger partial charge in [-0.25, -0.2) is 0 Å². The Kier molecular flexibility index (Phi) is 5.63. The number of rotatable bonds is 6. The topological polar surface area (TPSA) is 58.2 Å². The van der Waals surface area contributed by atoms with Crippen molar-refractivity contribution >= 4 is 40.2 Å². The van der Waals surface area contributed by atoms with Crippen molar-refractivity contribution in [2.75, 3.05) is 5.32 Å². The second kappa shape index (κ2) is 8.09. The fourth-order valence-corrected chi connectivity index (χ4v) is 3.73. The summed E-state index contributed by atoms with van der Waals surface area (Å²) in [6.45, 7) is 2.52. The molecule has 2 amide bonds. The molecule has 4 nitrogen and oxygen atoms in total. The van der Waals surface area contributed by atoms with Crippen molar-refractivity contribution in [3.05, 3.63) is 74.1 Å². The van der Waals surface area contributed by atoms with E-state index in [1.807, 2.05) is 60.1 Å². The first kappa shape index (κ1) is 17.4. The number of nitrogens with one attached hydrogen (secondary N) is 2. The third-order valence-electron chi connectivity index (χ3n) is 3.57. The van der Waals surface area contributed by atoms with E-state index in [9.17, 15) is 9.59 Å². The van der Waals surface area contributed by atoms with Gasteiger partial charge in [0.25, 0.3) is 5.91 Å². The van der Waals surface area contributed by atoms with Crippen molar-refractivity contribution in [3.63, 3.8) is 0 Å². The number of amides is 2. The monoisotopic (exact) mass is 370 g/mol. The van der Waals surface area contributed by atoms with Crippen LogP contribution in [0.15, 0.2) is 53.2 Å². The summed E-state index contributed by atoms with van der Waals surface area (Å²) >= 11 is 3.05. The van der Waals surface area contributed by atoms with Gasteiger partial charge < -0.3 is 10.6 Å². The van der Waals surface area contributed by atoms with Crippen LogP contribution in [-0.2, 0) is 17.8 Å². The SMILES string of the molecule is Cc1csc(C(=O)Nc2ccc(CC(=O)NCc3cccs3)cc2)c1. The lowest BCUT2D eigenvalue weighted by Gasteiger charge is -2.06. The maximum atomic E-state index is 12.1. The zero-order chi connectivity index (χ0) is 17.6. The summed E-state index contributed by atoms with van der Waals surface area (Å²) in [5.41, 5.74) is 2.71. The Morgan fingerprint density at radius 1 is 1.08 bits per heavy atom. The van der Waals surface area contributed by atoms with Crippen LogP contribution in [0.3, 0.4) is 0 Å². The average Bonchev–Trinajstić information content (AvgIpc) is 3.26. The fraction of sp³-hybridized carbons (Fsp3) is 0.158. The number of hydrogen-bond donors (Lipinski definition) is 2. The first-order valence-corrected chi connectivity index (χ1v) is 9.60. The second-order valence-corrected chi connectivity index (χ2v) is 7.62. The molecule has 1 aromatic carbocycles. The van der Waals surface area contributed by atoms with E-state index in [-0.39, 0.29) is 11.8 Å². The molecule has 2 aromatic heterocycles. The number of anilines is 1. The van der Waals surface area contributed by atoms with E-state index in [0.717, 1.165) is 21.7 Å². The van der Waals surface area contributed by atoms with Crippen LogP contribution in [0, 0.1) is 6.92 Å². The third-order valence-corrected chi connectivity index (χ3v) is 5.49. The summed E-state index contributed by atoms with van der Waals surface area (Å²) < 4.78 is 0. The van der Waals surface area contributed by atoms with Gasteiger partial charge in [0.2, 0.25) is 5.91 Å². The van der Waals surface area contributed by atoms with Crippen molar-refractivity contribution < 1.29 is 9.59 Å². The zero-order valence-corrected chi connectivity index (χ0v) is 15.4. The van der Waals surface area contributed by atoms with E-state index >= 15 is 0 Å². The van der Waals surface area contributed by atoms with Gasteiger partial charge in [0.15, 0.2) is 0 Å². The molecule has 2 N–H and O–H groups in total. The molecule has 6 heteroatoms. The first-order chi connectivity index (χ1) is 12.1. The van der Waals surface area contributed by atoms with E-state index < -0.39 is 0 Å². The molecule has 0 bridgehead atoms. The van der Waals surface area contributed by atoms with Crippen LogP contribution in [-0.4, -0.2) is 11.8 Å². The molecule has 0 aliphatic heterocycles. The summed E-state index contributed by atoms with van der Waals surface area (Å²) in [6.07, 6.45) is 0.323. The summed E-state index contributed by atoms with van der Waals surface area (Å²) in [5.74, 6) is -0.126. The van der Waals surface area contributed by atoms with Crippen LogP contribution in [0.5, 0.6) is 0 Å². The second-order valence-electron chi connectivity index (χ2n) is 5.67. The lowest BCUT2D eigenvalue weighted by molar-refractivity contribution is -0.120. The fourth-order valence-electron chi connectivity index (χ4n) is 2.30. The molecule has 3 rings (SSSR count). The Hall–Kier alpha value is -2.44. The molecule has 0 saturated carbocycles. The van der Waals surface area contributed by atoms with E-state index in [4.69, 9.17) is 0 Å². The Labute approximate surface area is 154 Å². The van der Waals surface area contributed by atoms with Gasteiger partial charge in [0.1, 0.15) is 0 Å². The molecule has 0 atom stereocenters. The summed E-state index contributed by atoms with van der Waals surface area (Å²) in [7, 11) is 0. The minimum absolute atomic E-state index is 0.0146. The smallest absolute Gasteiger partial charge is 0.265 e. The van der Waals surface area contributed by atoms with Crippen LogP contribution in [0.25, 0.3) is 0 Å². The lowest BCUT2D eigenvalue weighted by atomic mass is 10.1. The van der Waals surface area contributed by atoms with Gasteiger partial charge in [-0.15, -0.1) is 22.7 Å². The maximum absolute atomic E-state index is 12.1. The molecule has 0 aliphatic rings. The minimum Gasteiger partial charge on any atom is -0.351 e. The number of hydrogen-bond acceptors (Lipinski definition) is 4. The van der Waals surface area contributed by atoms with Gasteiger partial charge in [-0.05, 0) is 53.1 Å². The quantitative estimate of drug-likeness (QED) is 0.682. The van der Waals surface area contributed by atoms with Crippen molar-refractivity contribution in [2.24, 2.45) is 0 Å². The summed E-state index contributed by atoms with van der Waals surface area (Å²) in [6, 6.07) is 13.2. The van der Waals surface area contributed by atoms with E-state index in [1.165, 1.54) is 11.3 Å². The van der Waals surface area contributed by atoms with E-state index in [2.05, 4.69) is 10.6 Å². The molecule has 0 saturated heterocycles. The van der Waals surface area contributed by atoms with Crippen molar-refractivity contribution in [3.8, 4) is 0 Å². The summed E-state index contributed by atoms with van der Waals surface area (Å²) in [4.78, 5) is 25.9. The highest BCUT2D eigenvalue weighted by atomic mass is 32.1. The number of carbonyl (C=O) groups is 2. The molecule has 3 aromatic rings. The molecule has 25 heavy (non-hydrogen) atoms. The largest absolute Gasteiger partial charge is 0.351 e. The molecular formula is C19H18N2O2S2. The van der Waals surface area contributed by atoms with Crippen molar-refractivity contribution in [1.29, 1.82) is 0 Å². The highest BCUT2D eigenvalue weighted by Crippen LogP contribution is 2.17. The van der Waals surface area contributed by atoms with Gasteiger partial charge in [-0.1, -0.05) is 18.2 Å². The Balaban J connectivity index is 1.51. The first-order valence-electron chi connectivity index (χ1n) is 7.84. The zero-order valence-electron chi connectivity index (χ0n) is 13.7. The Bertz CT molecular complexity index is 852. The predicted octanol–water partition coefficient (Wildman–Crippen LogP) is 4.23. The summed E-state index contributed by atoms with van der Waals surface area (Å²) in [5, 5.41) is 9.72. The van der Waals surface area contributed by atoms with E-state index in [0.29, 0.717) is 17.8 Å². The maximum Gasteiger partial charge on any atom is 0.265 e. The van der Waals surface area contributed by atoms with E-state index in [1.54, 1.807) is 11.3 Å². The van der Waals surface area contributed by atoms with Gasteiger partial charge in [0.05, 0.1) is 17.8 Å². The average molecular weight is 370 g/mol. The number of carbonyl (C=O) groups excluding carboxylic acids is 2. The predicted molar refractivity (Wildman–Crippen MR) is 103 cm³/mol. The van der Waals surface area contributed by atoms with Crippen LogP contribution >= 0.6 is 22.7 Å². The molecular weight excluding hydrogens is 352 g/mol. The lowest BCUT2D eigenvalue weighted by Crippen LogP contribution is -2.24.